The molecule has 0 saturated carbocycles. The van der Waals surface area contributed by atoms with Crippen LogP contribution in [0.15, 0.2) is 16.6 Å². The summed E-state index contributed by atoms with van der Waals surface area (Å²) in [5.41, 5.74) is 0. The highest BCUT2D eigenvalue weighted by molar-refractivity contribution is 9.10. The van der Waals surface area contributed by atoms with Crippen LogP contribution in [0.5, 0.6) is 5.75 Å². The lowest BCUT2D eigenvalue weighted by Gasteiger charge is -2.08. The zero-order valence-corrected chi connectivity index (χ0v) is 10.4. The molecule has 1 nitrogen and oxygen atoms in total. The van der Waals surface area contributed by atoms with Gasteiger partial charge >= 0.3 is 0 Å². The van der Waals surface area contributed by atoms with Gasteiger partial charge in [-0.3, -0.25) is 0 Å². The Kier molecular flexibility index (Phi) is 4.49. The van der Waals surface area contributed by atoms with Crippen molar-refractivity contribution in [2.24, 2.45) is 0 Å². The van der Waals surface area contributed by atoms with Crippen LogP contribution in [0.3, 0.4) is 0 Å². The zero-order valence-electron chi connectivity index (χ0n) is 6.49. The Bertz CT molecular complexity index is 283. The normalized spacial score (nSPS) is 10.2. The van der Waals surface area contributed by atoms with E-state index in [4.69, 9.17) is 16.3 Å². The third-order valence-electron chi connectivity index (χ3n) is 1.29. The maximum atomic E-state index is 12.8. The molecule has 0 aliphatic carbocycles. The summed E-state index contributed by atoms with van der Waals surface area (Å²) in [5.74, 6) is 0.0885. The van der Waals surface area contributed by atoms with E-state index in [2.05, 4.69) is 31.9 Å². The van der Waals surface area contributed by atoms with Gasteiger partial charge in [0.05, 0.1) is 16.1 Å². The lowest BCUT2D eigenvalue weighted by atomic mass is 10.3. The third kappa shape index (κ3) is 3.11. The second kappa shape index (κ2) is 5.17. The van der Waals surface area contributed by atoms with Crippen molar-refractivity contribution < 1.29 is 9.13 Å². The SMILES string of the molecule is Fc1cc(Cl)c(OCCBr)c(Br)c1. The van der Waals surface area contributed by atoms with E-state index in [1.807, 2.05) is 0 Å². The summed E-state index contributed by atoms with van der Waals surface area (Å²) in [7, 11) is 0. The first-order chi connectivity index (χ1) is 6.15. The fraction of sp³-hybridized carbons (Fsp3) is 0.250. The molecule has 0 unspecified atom stereocenters. The number of hydrogen-bond donors (Lipinski definition) is 0. The van der Waals surface area contributed by atoms with E-state index in [1.165, 1.54) is 12.1 Å². The van der Waals surface area contributed by atoms with Crippen LogP contribution in [0, 0.1) is 5.82 Å². The summed E-state index contributed by atoms with van der Waals surface area (Å²) >= 11 is 12.1. The molecule has 5 heteroatoms. The Morgan fingerprint density at radius 1 is 1.46 bits per heavy atom. The maximum Gasteiger partial charge on any atom is 0.152 e. The lowest BCUT2D eigenvalue weighted by Crippen LogP contribution is -1.99. The predicted molar refractivity (Wildman–Crippen MR) is 58.4 cm³/mol. The molecule has 0 bridgehead atoms. The molecule has 0 amide bonds. The number of halogens is 4. The molecule has 13 heavy (non-hydrogen) atoms. The Morgan fingerprint density at radius 3 is 2.69 bits per heavy atom. The van der Waals surface area contributed by atoms with Crippen LogP contribution in [0.4, 0.5) is 4.39 Å². The van der Waals surface area contributed by atoms with Gasteiger partial charge in [-0.15, -0.1) is 0 Å². The van der Waals surface area contributed by atoms with Crippen LogP contribution in [-0.2, 0) is 0 Å². The first-order valence-electron chi connectivity index (χ1n) is 3.48. The predicted octanol–water partition coefficient (Wildman–Crippen LogP) is 4.02. The van der Waals surface area contributed by atoms with Crippen molar-refractivity contribution in [3.63, 3.8) is 0 Å². The van der Waals surface area contributed by atoms with Gasteiger partial charge in [0.1, 0.15) is 5.82 Å². The summed E-state index contributed by atoms with van der Waals surface area (Å²) in [4.78, 5) is 0. The molecule has 72 valence electrons. The molecule has 0 N–H and O–H groups in total. The van der Waals surface area contributed by atoms with Crippen LogP contribution in [0.2, 0.25) is 5.02 Å². The molecule has 0 aliphatic rings. The van der Waals surface area contributed by atoms with Gasteiger partial charge < -0.3 is 4.74 Å². The zero-order chi connectivity index (χ0) is 9.84. The van der Waals surface area contributed by atoms with Crippen LogP contribution in [0.25, 0.3) is 0 Å². The number of hydrogen-bond acceptors (Lipinski definition) is 1. The van der Waals surface area contributed by atoms with E-state index in [0.717, 1.165) is 0 Å². The largest absolute Gasteiger partial charge is 0.490 e. The average Bonchev–Trinajstić information content (AvgIpc) is 2.02. The minimum atomic E-state index is -0.386. The number of rotatable bonds is 3. The monoisotopic (exact) mass is 330 g/mol. The molecule has 1 aromatic carbocycles. The van der Waals surface area contributed by atoms with E-state index in [0.29, 0.717) is 22.2 Å². The summed E-state index contributed by atoms with van der Waals surface area (Å²) < 4.78 is 18.6. The number of alkyl halides is 1. The van der Waals surface area contributed by atoms with Gasteiger partial charge in [-0.2, -0.15) is 0 Å². The summed E-state index contributed by atoms with van der Waals surface area (Å²) in [6, 6.07) is 2.53. The van der Waals surface area contributed by atoms with Crippen molar-refractivity contribution in [3.05, 3.63) is 27.4 Å². The average molecular weight is 332 g/mol. The smallest absolute Gasteiger partial charge is 0.152 e. The van der Waals surface area contributed by atoms with Gasteiger partial charge in [0, 0.05) is 5.33 Å². The van der Waals surface area contributed by atoms with Crippen LogP contribution < -0.4 is 4.74 Å². The van der Waals surface area contributed by atoms with Crippen molar-refractivity contribution in [2.45, 2.75) is 0 Å². The molecular weight excluding hydrogens is 326 g/mol. The van der Waals surface area contributed by atoms with Crippen molar-refractivity contribution in [1.82, 2.24) is 0 Å². The van der Waals surface area contributed by atoms with Crippen LogP contribution in [0.1, 0.15) is 0 Å². The molecule has 1 aromatic rings. The van der Waals surface area contributed by atoms with Gasteiger partial charge in [-0.05, 0) is 28.1 Å². The van der Waals surface area contributed by atoms with Gasteiger partial charge in [0.2, 0.25) is 0 Å². The number of ether oxygens (including phenoxy) is 1. The first-order valence-corrected chi connectivity index (χ1v) is 5.77. The fourth-order valence-electron chi connectivity index (χ4n) is 0.807. The Morgan fingerprint density at radius 2 is 2.15 bits per heavy atom. The van der Waals surface area contributed by atoms with Gasteiger partial charge in [-0.1, -0.05) is 27.5 Å². The van der Waals surface area contributed by atoms with E-state index in [1.54, 1.807) is 0 Å². The standard InChI is InChI=1S/C8H6Br2ClFO/c9-1-2-13-8-6(10)3-5(12)4-7(8)11/h3-4H,1-2H2. The van der Waals surface area contributed by atoms with Gasteiger partial charge in [0.25, 0.3) is 0 Å². The lowest BCUT2D eigenvalue weighted by molar-refractivity contribution is 0.342. The second-order valence-electron chi connectivity index (χ2n) is 2.24. The van der Waals surface area contributed by atoms with Crippen LogP contribution in [-0.4, -0.2) is 11.9 Å². The topological polar surface area (TPSA) is 9.23 Å². The molecule has 0 spiro atoms. The molecule has 0 radical (unpaired) electrons. The minimum Gasteiger partial charge on any atom is -0.490 e. The highest BCUT2D eigenvalue weighted by Gasteiger charge is 2.08. The Labute approximate surface area is 97.5 Å². The Hall–Kier alpha value is 0.200. The van der Waals surface area contributed by atoms with Crippen molar-refractivity contribution in [3.8, 4) is 5.75 Å². The summed E-state index contributed by atoms with van der Waals surface area (Å²) in [6.45, 7) is 0.490. The van der Waals surface area contributed by atoms with E-state index >= 15 is 0 Å². The van der Waals surface area contributed by atoms with Crippen molar-refractivity contribution in [2.75, 3.05) is 11.9 Å². The Balaban J connectivity index is 2.92. The molecule has 0 aliphatic heterocycles. The first kappa shape index (κ1) is 11.3. The van der Waals surface area contributed by atoms with Crippen molar-refractivity contribution >= 4 is 43.5 Å². The molecule has 1 rings (SSSR count). The number of benzene rings is 1. The van der Waals surface area contributed by atoms with Gasteiger partial charge in [-0.25, -0.2) is 4.39 Å². The van der Waals surface area contributed by atoms with Crippen molar-refractivity contribution in [1.29, 1.82) is 0 Å². The van der Waals surface area contributed by atoms with Crippen LogP contribution >= 0.6 is 43.5 Å². The van der Waals surface area contributed by atoms with E-state index < -0.39 is 0 Å². The fourth-order valence-corrected chi connectivity index (χ4v) is 1.89. The molecule has 0 saturated heterocycles. The second-order valence-corrected chi connectivity index (χ2v) is 4.29. The minimum absolute atomic E-state index is 0.271. The van der Waals surface area contributed by atoms with E-state index in [9.17, 15) is 4.39 Å². The molecular formula is C8H6Br2ClFO. The molecule has 0 heterocycles. The molecule has 0 aromatic heterocycles. The maximum absolute atomic E-state index is 12.8. The van der Waals surface area contributed by atoms with Gasteiger partial charge in [0.15, 0.2) is 5.75 Å². The highest BCUT2D eigenvalue weighted by Crippen LogP contribution is 2.33. The quantitative estimate of drug-likeness (QED) is 0.760. The molecule has 0 atom stereocenters. The highest BCUT2D eigenvalue weighted by atomic mass is 79.9. The third-order valence-corrected chi connectivity index (χ3v) is 2.48. The van der Waals surface area contributed by atoms with E-state index in [-0.39, 0.29) is 10.8 Å². The summed E-state index contributed by atoms with van der Waals surface area (Å²) in [5, 5.41) is 0.973. The molecule has 0 fully saturated rings. The summed E-state index contributed by atoms with van der Waals surface area (Å²) in [6.07, 6.45) is 0.